The van der Waals surface area contributed by atoms with Gasteiger partial charge in [-0.05, 0) is 42.7 Å². The van der Waals surface area contributed by atoms with E-state index in [2.05, 4.69) is 15.3 Å². The SMILES string of the molecule is Cc1nc(C(=O)N2CC(F)(F)C[C@@H](C)C2CNc2ccc(C(F)(F)F)cn2)c(-c2ccc(F)cc2)s1. The Balaban J connectivity index is 1.60. The molecule has 0 radical (unpaired) electrons. The molecule has 0 saturated carbocycles. The van der Waals surface area contributed by atoms with Crippen molar-refractivity contribution in [3.8, 4) is 10.4 Å². The fourth-order valence-electron chi connectivity index (χ4n) is 4.26. The Bertz CT molecular complexity index is 1230. The zero-order chi connectivity index (χ0) is 26.3. The van der Waals surface area contributed by atoms with Gasteiger partial charge in [0.25, 0.3) is 11.8 Å². The van der Waals surface area contributed by atoms with E-state index >= 15 is 0 Å². The summed E-state index contributed by atoms with van der Waals surface area (Å²) < 4.78 is 80.9. The Morgan fingerprint density at radius 1 is 1.19 bits per heavy atom. The van der Waals surface area contributed by atoms with Crippen LogP contribution in [0.5, 0.6) is 0 Å². The lowest BCUT2D eigenvalue weighted by atomic mass is 9.88. The first-order valence-electron chi connectivity index (χ1n) is 11.0. The topological polar surface area (TPSA) is 58.1 Å². The molecule has 1 saturated heterocycles. The van der Waals surface area contributed by atoms with Crippen molar-refractivity contribution in [2.24, 2.45) is 5.92 Å². The number of aromatic nitrogens is 2. The van der Waals surface area contributed by atoms with Crippen molar-refractivity contribution in [1.82, 2.24) is 14.9 Å². The van der Waals surface area contributed by atoms with E-state index in [1.165, 1.54) is 35.6 Å². The average molecular weight is 529 g/mol. The van der Waals surface area contributed by atoms with Gasteiger partial charge >= 0.3 is 6.18 Å². The predicted molar refractivity (Wildman–Crippen MR) is 124 cm³/mol. The van der Waals surface area contributed by atoms with E-state index in [0.717, 1.165) is 17.0 Å². The smallest absolute Gasteiger partial charge is 0.368 e. The van der Waals surface area contributed by atoms with Gasteiger partial charge in [0.2, 0.25) is 0 Å². The predicted octanol–water partition coefficient (Wildman–Crippen LogP) is 6.27. The van der Waals surface area contributed by atoms with Crippen LogP contribution in [-0.2, 0) is 6.18 Å². The molecule has 1 N–H and O–H groups in total. The molecule has 1 aliphatic heterocycles. The molecule has 2 atom stereocenters. The van der Waals surface area contributed by atoms with Crippen LogP contribution < -0.4 is 5.32 Å². The summed E-state index contributed by atoms with van der Waals surface area (Å²) in [7, 11) is 0. The zero-order valence-electron chi connectivity index (χ0n) is 19.2. The molecule has 3 aromatic rings. The van der Waals surface area contributed by atoms with Crippen LogP contribution in [0.1, 0.15) is 34.4 Å². The minimum atomic E-state index is -4.54. The number of anilines is 1. The number of halogens is 6. The first kappa shape index (κ1) is 25.9. The van der Waals surface area contributed by atoms with E-state index in [1.807, 2.05) is 0 Å². The molecule has 5 nitrogen and oxygen atoms in total. The number of pyridine rings is 1. The molecule has 1 aromatic carbocycles. The number of nitrogens with zero attached hydrogens (tertiary/aromatic N) is 3. The van der Waals surface area contributed by atoms with Crippen LogP contribution in [0.25, 0.3) is 10.4 Å². The lowest BCUT2D eigenvalue weighted by Crippen LogP contribution is -2.57. The van der Waals surface area contributed by atoms with Gasteiger partial charge in [0.15, 0.2) is 0 Å². The van der Waals surface area contributed by atoms with Gasteiger partial charge in [-0.15, -0.1) is 11.3 Å². The number of carbonyl (C=O) groups excluding carboxylic acids is 1. The lowest BCUT2D eigenvalue weighted by Gasteiger charge is -2.43. The summed E-state index contributed by atoms with van der Waals surface area (Å²) in [6.45, 7) is 2.43. The van der Waals surface area contributed by atoms with Gasteiger partial charge in [-0.1, -0.05) is 19.1 Å². The molecule has 1 fully saturated rings. The van der Waals surface area contributed by atoms with Crippen molar-refractivity contribution in [3.05, 3.63) is 64.7 Å². The van der Waals surface area contributed by atoms with Crippen molar-refractivity contribution >= 4 is 23.1 Å². The summed E-state index contributed by atoms with van der Waals surface area (Å²) in [5.74, 6) is -4.79. The first-order valence-corrected chi connectivity index (χ1v) is 11.8. The Hall–Kier alpha value is -3.15. The van der Waals surface area contributed by atoms with Gasteiger partial charge in [-0.3, -0.25) is 4.79 Å². The van der Waals surface area contributed by atoms with E-state index in [0.29, 0.717) is 21.6 Å². The summed E-state index contributed by atoms with van der Waals surface area (Å²) in [6, 6.07) is 6.75. The van der Waals surface area contributed by atoms with Gasteiger partial charge in [-0.25, -0.2) is 23.1 Å². The number of likely N-dealkylation sites (tertiary alicyclic amines) is 1. The van der Waals surface area contributed by atoms with E-state index in [1.54, 1.807) is 13.8 Å². The summed E-state index contributed by atoms with van der Waals surface area (Å²) in [6.07, 6.45) is -4.31. The molecule has 1 unspecified atom stereocenters. The second-order valence-electron chi connectivity index (χ2n) is 8.77. The number of rotatable bonds is 5. The Kier molecular flexibility index (Phi) is 7.00. The summed E-state index contributed by atoms with van der Waals surface area (Å²) >= 11 is 1.19. The van der Waals surface area contributed by atoms with Crippen LogP contribution in [0.2, 0.25) is 0 Å². The van der Waals surface area contributed by atoms with Crippen LogP contribution >= 0.6 is 11.3 Å². The maximum atomic E-state index is 14.6. The highest BCUT2D eigenvalue weighted by molar-refractivity contribution is 7.15. The van der Waals surface area contributed by atoms with Crippen molar-refractivity contribution < 1.29 is 31.1 Å². The highest BCUT2D eigenvalue weighted by atomic mass is 32.1. The van der Waals surface area contributed by atoms with Crippen LogP contribution in [0.3, 0.4) is 0 Å². The number of hydrogen-bond donors (Lipinski definition) is 1. The van der Waals surface area contributed by atoms with Crippen LogP contribution in [0, 0.1) is 18.7 Å². The highest BCUT2D eigenvalue weighted by Crippen LogP contribution is 2.38. The Morgan fingerprint density at radius 2 is 1.89 bits per heavy atom. The highest BCUT2D eigenvalue weighted by Gasteiger charge is 2.46. The van der Waals surface area contributed by atoms with Crippen molar-refractivity contribution in [2.75, 3.05) is 18.4 Å². The fourth-order valence-corrected chi connectivity index (χ4v) is 5.18. The second kappa shape index (κ2) is 9.72. The number of thiazole rings is 1. The molecule has 0 spiro atoms. The summed E-state index contributed by atoms with van der Waals surface area (Å²) in [5.41, 5.74) is -0.389. The van der Waals surface area contributed by atoms with E-state index in [4.69, 9.17) is 0 Å². The standard InChI is InChI=1S/C24H22F6N4OS/c1-13-9-23(26,27)12-34(18(13)11-32-19-8-5-16(10-31-19)24(28,29)30)22(35)20-21(36-14(2)33-20)15-3-6-17(25)7-4-15/h3-8,10,13,18H,9,11-12H2,1-2H3,(H,31,32)/t13-,18?/m1/s1. The Labute approximate surface area is 207 Å². The molecular formula is C24H22F6N4OS. The van der Waals surface area contributed by atoms with Crippen LogP contribution in [-0.4, -0.2) is 45.8 Å². The largest absolute Gasteiger partial charge is 0.417 e. The minimum Gasteiger partial charge on any atom is -0.368 e. The third kappa shape index (κ3) is 5.63. The second-order valence-corrected chi connectivity index (χ2v) is 9.97. The average Bonchev–Trinajstić information content (AvgIpc) is 3.19. The maximum Gasteiger partial charge on any atom is 0.417 e. The number of benzene rings is 1. The van der Waals surface area contributed by atoms with E-state index in [9.17, 15) is 31.1 Å². The molecule has 4 rings (SSSR count). The number of amides is 1. The molecule has 36 heavy (non-hydrogen) atoms. The zero-order valence-corrected chi connectivity index (χ0v) is 20.1. The molecule has 2 aromatic heterocycles. The first-order chi connectivity index (χ1) is 16.8. The normalized spacial score (nSPS) is 19.8. The minimum absolute atomic E-state index is 0.00362. The third-order valence-electron chi connectivity index (χ3n) is 5.97. The van der Waals surface area contributed by atoms with Gasteiger partial charge in [0, 0.05) is 19.2 Å². The third-order valence-corrected chi connectivity index (χ3v) is 6.99. The number of piperidine rings is 1. The van der Waals surface area contributed by atoms with Gasteiger partial charge in [-0.2, -0.15) is 13.2 Å². The monoisotopic (exact) mass is 528 g/mol. The van der Waals surface area contributed by atoms with Crippen LogP contribution in [0.4, 0.5) is 32.2 Å². The molecule has 1 aliphatic rings. The number of carbonyl (C=O) groups is 1. The number of aryl methyl sites for hydroxylation is 1. The number of nitrogens with one attached hydrogen (secondary N) is 1. The fraction of sp³-hybridized carbons (Fsp3) is 0.375. The summed E-state index contributed by atoms with van der Waals surface area (Å²) in [4.78, 5) is 23.1. The number of hydrogen-bond acceptors (Lipinski definition) is 5. The molecule has 0 bridgehead atoms. The van der Waals surface area contributed by atoms with Crippen molar-refractivity contribution in [2.45, 2.75) is 38.4 Å². The maximum absolute atomic E-state index is 14.6. The summed E-state index contributed by atoms with van der Waals surface area (Å²) in [5, 5.41) is 3.41. The molecule has 0 aliphatic carbocycles. The number of alkyl halides is 5. The van der Waals surface area contributed by atoms with E-state index in [-0.39, 0.29) is 18.1 Å². The molecular weight excluding hydrogens is 506 g/mol. The van der Waals surface area contributed by atoms with Crippen LogP contribution in [0.15, 0.2) is 42.6 Å². The van der Waals surface area contributed by atoms with Gasteiger partial charge in [0.1, 0.15) is 17.3 Å². The molecule has 3 heterocycles. The lowest BCUT2D eigenvalue weighted by molar-refractivity contribution is -0.137. The molecule has 192 valence electrons. The van der Waals surface area contributed by atoms with Crippen molar-refractivity contribution in [1.29, 1.82) is 0 Å². The van der Waals surface area contributed by atoms with Gasteiger partial charge < -0.3 is 10.2 Å². The molecule has 1 amide bonds. The van der Waals surface area contributed by atoms with Crippen molar-refractivity contribution in [3.63, 3.8) is 0 Å². The van der Waals surface area contributed by atoms with E-state index < -0.39 is 54.3 Å². The quantitative estimate of drug-likeness (QED) is 0.397. The Morgan fingerprint density at radius 3 is 2.50 bits per heavy atom. The van der Waals surface area contributed by atoms with Gasteiger partial charge in [0.05, 0.1) is 28.0 Å². The molecule has 12 heteroatoms.